The minimum absolute atomic E-state index is 0.0144. The van der Waals surface area contributed by atoms with Gasteiger partial charge in [0.2, 0.25) is 5.72 Å². The van der Waals surface area contributed by atoms with Gasteiger partial charge in [-0.25, -0.2) is 28.3 Å². The summed E-state index contributed by atoms with van der Waals surface area (Å²) in [5.41, 5.74) is -3.54. The zero-order chi connectivity index (χ0) is 27.2. The SMILES string of the molecule is O=C1OC2(CCCCC2)N(C(=O)c2cnn(-c3ccc(Cl)cc3)c2C(F)(F)F)N1Cc1ccc(F)c(F)c1. The Kier molecular flexibility index (Phi) is 6.54. The molecule has 0 bridgehead atoms. The zero-order valence-electron chi connectivity index (χ0n) is 19.6. The number of hydrazine groups is 1. The number of nitrogens with zero attached hydrogens (tertiary/aromatic N) is 4. The number of carbonyl (C=O) groups excluding carboxylic acids is 2. The van der Waals surface area contributed by atoms with Gasteiger partial charge in [0, 0.05) is 17.9 Å². The number of carbonyl (C=O) groups is 2. The van der Waals surface area contributed by atoms with E-state index in [2.05, 4.69) is 5.10 Å². The summed E-state index contributed by atoms with van der Waals surface area (Å²) in [7, 11) is 0. The van der Waals surface area contributed by atoms with Crippen molar-refractivity contribution in [1.82, 2.24) is 19.8 Å². The highest BCUT2D eigenvalue weighted by Gasteiger charge is 2.56. The van der Waals surface area contributed by atoms with Gasteiger partial charge in [0.25, 0.3) is 5.91 Å². The molecule has 2 aliphatic rings. The molecule has 1 aliphatic carbocycles. The molecule has 1 spiro atoms. The minimum atomic E-state index is -5.00. The number of benzene rings is 2. The summed E-state index contributed by atoms with van der Waals surface area (Å²) >= 11 is 5.86. The van der Waals surface area contributed by atoms with Crippen LogP contribution < -0.4 is 0 Å². The van der Waals surface area contributed by atoms with E-state index in [1.54, 1.807) is 0 Å². The highest BCUT2D eigenvalue weighted by Crippen LogP contribution is 2.43. The number of ether oxygens (including phenoxy) is 1. The summed E-state index contributed by atoms with van der Waals surface area (Å²) < 4.78 is 76.5. The summed E-state index contributed by atoms with van der Waals surface area (Å²) in [5, 5.41) is 5.84. The monoisotopic (exact) mass is 554 g/mol. The first kappa shape index (κ1) is 26.0. The predicted molar refractivity (Wildman–Crippen MR) is 124 cm³/mol. The lowest BCUT2D eigenvalue weighted by Crippen LogP contribution is -2.54. The van der Waals surface area contributed by atoms with E-state index < -0.39 is 53.3 Å². The standard InChI is InChI=1S/C25H20ClF5N4O3/c26-16-5-7-17(8-6-16)34-21(25(29,30)31)18(13-32-34)22(36)35-24(10-2-1-3-11-24)38-23(37)33(35)14-15-4-9-19(27)20(28)12-15/h4-9,12-13H,1-3,10-11,14H2. The summed E-state index contributed by atoms with van der Waals surface area (Å²) in [5.74, 6) is -3.45. The lowest BCUT2D eigenvalue weighted by molar-refractivity contribution is -0.144. The van der Waals surface area contributed by atoms with E-state index in [9.17, 15) is 31.5 Å². The maximum Gasteiger partial charge on any atom is 0.434 e. The van der Waals surface area contributed by atoms with Crippen LogP contribution in [0.2, 0.25) is 5.02 Å². The van der Waals surface area contributed by atoms with Crippen molar-refractivity contribution in [3.05, 3.63) is 82.1 Å². The molecule has 200 valence electrons. The van der Waals surface area contributed by atoms with Gasteiger partial charge >= 0.3 is 12.3 Å². The molecule has 3 aromatic rings. The average Bonchev–Trinajstić information content (AvgIpc) is 3.42. The van der Waals surface area contributed by atoms with Crippen LogP contribution in [0.4, 0.5) is 26.7 Å². The lowest BCUT2D eigenvalue weighted by Gasteiger charge is -2.40. The Hall–Kier alpha value is -3.67. The van der Waals surface area contributed by atoms with E-state index in [0.717, 1.165) is 34.8 Å². The number of hydrogen-bond acceptors (Lipinski definition) is 4. The van der Waals surface area contributed by atoms with Crippen LogP contribution in [-0.4, -0.2) is 37.5 Å². The maximum atomic E-state index is 14.3. The van der Waals surface area contributed by atoms with Crippen molar-refractivity contribution in [3.63, 3.8) is 0 Å². The predicted octanol–water partition coefficient (Wildman–Crippen LogP) is 6.49. The summed E-state index contributed by atoms with van der Waals surface area (Å²) in [6, 6.07) is 8.31. The Morgan fingerprint density at radius 2 is 1.71 bits per heavy atom. The first-order valence-corrected chi connectivity index (χ1v) is 12.1. The van der Waals surface area contributed by atoms with Crippen molar-refractivity contribution in [2.24, 2.45) is 0 Å². The van der Waals surface area contributed by atoms with Crippen LogP contribution in [0.5, 0.6) is 0 Å². The third kappa shape index (κ3) is 4.57. The van der Waals surface area contributed by atoms with Crippen molar-refractivity contribution < 1.29 is 36.3 Å². The molecule has 2 amide bonds. The molecule has 2 aromatic carbocycles. The first-order valence-electron chi connectivity index (χ1n) is 11.7. The van der Waals surface area contributed by atoms with Crippen molar-refractivity contribution >= 4 is 23.6 Å². The second-order valence-corrected chi connectivity index (χ2v) is 9.53. The van der Waals surface area contributed by atoms with Gasteiger partial charge in [-0.1, -0.05) is 24.1 Å². The Labute approximate surface area is 218 Å². The zero-order valence-corrected chi connectivity index (χ0v) is 20.4. The normalized spacial score (nSPS) is 17.3. The molecule has 0 radical (unpaired) electrons. The Morgan fingerprint density at radius 3 is 2.34 bits per heavy atom. The number of alkyl halides is 3. The van der Waals surface area contributed by atoms with Crippen LogP contribution in [0.3, 0.4) is 0 Å². The molecule has 2 heterocycles. The van der Waals surface area contributed by atoms with Crippen molar-refractivity contribution in [2.45, 2.75) is 50.6 Å². The highest BCUT2D eigenvalue weighted by atomic mass is 35.5. The number of hydrogen-bond donors (Lipinski definition) is 0. The Bertz CT molecular complexity index is 1390. The van der Waals surface area contributed by atoms with Gasteiger partial charge < -0.3 is 4.74 Å². The summed E-state index contributed by atoms with van der Waals surface area (Å²) in [6.45, 7) is -0.434. The second kappa shape index (κ2) is 9.57. The van der Waals surface area contributed by atoms with E-state index in [1.165, 1.54) is 30.3 Å². The van der Waals surface area contributed by atoms with Gasteiger partial charge in [-0.2, -0.15) is 18.3 Å². The van der Waals surface area contributed by atoms with Crippen LogP contribution in [0.25, 0.3) is 5.69 Å². The van der Waals surface area contributed by atoms with E-state index in [1.807, 2.05) is 0 Å². The Morgan fingerprint density at radius 1 is 1.03 bits per heavy atom. The Balaban J connectivity index is 1.60. The van der Waals surface area contributed by atoms with Gasteiger partial charge in [-0.05, 0) is 54.8 Å². The number of rotatable bonds is 4. The molecule has 1 saturated carbocycles. The second-order valence-electron chi connectivity index (χ2n) is 9.09. The highest BCUT2D eigenvalue weighted by molar-refractivity contribution is 6.30. The van der Waals surface area contributed by atoms with Crippen LogP contribution in [-0.2, 0) is 17.5 Å². The fourth-order valence-electron chi connectivity index (χ4n) is 4.89. The molecule has 1 saturated heterocycles. The molecular weight excluding hydrogens is 535 g/mol. The van der Waals surface area contributed by atoms with Crippen molar-refractivity contribution in [2.75, 3.05) is 0 Å². The fourth-order valence-corrected chi connectivity index (χ4v) is 5.01. The van der Waals surface area contributed by atoms with Crippen molar-refractivity contribution in [3.8, 4) is 5.69 Å². The average molecular weight is 555 g/mol. The van der Waals surface area contributed by atoms with Gasteiger partial charge in [0.05, 0.1) is 24.0 Å². The van der Waals surface area contributed by atoms with Gasteiger partial charge in [-0.3, -0.25) is 4.79 Å². The molecule has 5 rings (SSSR count). The van der Waals surface area contributed by atoms with Gasteiger partial charge in [-0.15, -0.1) is 0 Å². The van der Waals surface area contributed by atoms with E-state index in [0.29, 0.717) is 22.5 Å². The molecule has 0 N–H and O–H groups in total. The quantitative estimate of drug-likeness (QED) is 0.346. The van der Waals surface area contributed by atoms with Crippen LogP contribution in [0.15, 0.2) is 48.7 Å². The van der Waals surface area contributed by atoms with Gasteiger partial charge in [0.1, 0.15) is 0 Å². The smallest absolute Gasteiger partial charge is 0.419 e. The maximum absolute atomic E-state index is 14.3. The molecule has 7 nitrogen and oxygen atoms in total. The van der Waals surface area contributed by atoms with E-state index >= 15 is 0 Å². The summed E-state index contributed by atoms with van der Waals surface area (Å²) in [6.07, 6.45) is -2.89. The summed E-state index contributed by atoms with van der Waals surface area (Å²) in [4.78, 5) is 26.9. The van der Waals surface area contributed by atoms with E-state index in [4.69, 9.17) is 16.3 Å². The molecule has 0 atom stereocenters. The van der Waals surface area contributed by atoms with Crippen LogP contribution in [0, 0.1) is 11.6 Å². The van der Waals surface area contributed by atoms with Crippen LogP contribution >= 0.6 is 11.6 Å². The molecular formula is C25H20ClF5N4O3. The number of aromatic nitrogens is 2. The molecule has 1 aliphatic heterocycles. The molecule has 1 aromatic heterocycles. The van der Waals surface area contributed by atoms with Crippen LogP contribution in [0.1, 0.15) is 53.7 Å². The first-order chi connectivity index (χ1) is 18.0. The number of amides is 2. The third-order valence-corrected chi connectivity index (χ3v) is 6.85. The van der Waals surface area contributed by atoms with Crippen molar-refractivity contribution in [1.29, 1.82) is 0 Å². The molecule has 0 unspecified atom stereocenters. The molecule has 38 heavy (non-hydrogen) atoms. The topological polar surface area (TPSA) is 67.7 Å². The lowest BCUT2D eigenvalue weighted by atomic mass is 9.90. The third-order valence-electron chi connectivity index (χ3n) is 6.60. The largest absolute Gasteiger partial charge is 0.434 e. The molecule has 13 heteroatoms. The van der Waals surface area contributed by atoms with Gasteiger partial charge in [0.15, 0.2) is 17.3 Å². The minimum Gasteiger partial charge on any atom is -0.419 e. The fraction of sp³-hybridized carbons (Fsp3) is 0.320. The molecule has 2 fully saturated rings. The van der Waals surface area contributed by atoms with E-state index in [-0.39, 0.29) is 24.1 Å². The number of halogens is 6.